The van der Waals surface area contributed by atoms with E-state index in [4.69, 9.17) is 0 Å². The van der Waals surface area contributed by atoms with Gasteiger partial charge in [-0.15, -0.1) is 0 Å². The van der Waals surface area contributed by atoms with Crippen molar-refractivity contribution in [2.45, 2.75) is 77.8 Å². The van der Waals surface area contributed by atoms with Crippen molar-refractivity contribution in [3.05, 3.63) is 35.4 Å². The van der Waals surface area contributed by atoms with Crippen molar-refractivity contribution in [1.29, 1.82) is 0 Å². The second-order valence-corrected chi connectivity index (χ2v) is 8.34. The number of likely N-dealkylation sites (tertiary alicyclic amines) is 1. The van der Waals surface area contributed by atoms with E-state index in [-0.39, 0.29) is 17.7 Å². The molecule has 1 saturated heterocycles. The zero-order valence-corrected chi connectivity index (χ0v) is 16.9. The van der Waals surface area contributed by atoms with Crippen molar-refractivity contribution in [2.24, 2.45) is 11.8 Å². The largest absolute Gasteiger partial charge is 0.352 e. The number of aryl methyl sites for hydroxylation is 1. The quantitative estimate of drug-likeness (QED) is 0.844. The van der Waals surface area contributed by atoms with E-state index in [9.17, 15) is 9.59 Å². The first-order chi connectivity index (χ1) is 13.1. The van der Waals surface area contributed by atoms with Crippen LogP contribution in [-0.2, 0) is 16.1 Å². The average molecular weight is 371 g/mol. The van der Waals surface area contributed by atoms with Crippen LogP contribution in [0.25, 0.3) is 0 Å². The van der Waals surface area contributed by atoms with Crippen LogP contribution in [0, 0.1) is 18.8 Å². The standard InChI is InChI=1S/C23H34N2O2/c1-3-21-6-4-5-15-25(21)23(27)20-13-11-19(12-14-20)22(26)24-16-18-9-7-17(2)8-10-18/h7-10,19-21H,3-6,11-16H2,1-2H3,(H,24,26). The molecule has 1 aromatic rings. The van der Waals surface area contributed by atoms with Crippen molar-refractivity contribution in [1.82, 2.24) is 10.2 Å². The van der Waals surface area contributed by atoms with Crippen molar-refractivity contribution in [3.8, 4) is 0 Å². The van der Waals surface area contributed by atoms with Gasteiger partial charge in [-0.05, 0) is 63.9 Å². The van der Waals surface area contributed by atoms with Crippen molar-refractivity contribution >= 4 is 11.8 Å². The highest BCUT2D eigenvalue weighted by Gasteiger charge is 2.34. The molecule has 0 aromatic heterocycles. The van der Waals surface area contributed by atoms with Gasteiger partial charge in [0, 0.05) is 31.0 Å². The maximum Gasteiger partial charge on any atom is 0.225 e. The topological polar surface area (TPSA) is 49.4 Å². The average Bonchev–Trinajstić information content (AvgIpc) is 2.72. The Morgan fingerprint density at radius 1 is 1.00 bits per heavy atom. The Bertz CT molecular complexity index is 632. The van der Waals surface area contributed by atoms with Crippen molar-refractivity contribution in [2.75, 3.05) is 6.54 Å². The minimum Gasteiger partial charge on any atom is -0.352 e. The van der Waals surface area contributed by atoms with Gasteiger partial charge < -0.3 is 10.2 Å². The lowest BCUT2D eigenvalue weighted by Gasteiger charge is -2.39. The molecule has 0 spiro atoms. The number of nitrogens with one attached hydrogen (secondary N) is 1. The lowest BCUT2D eigenvalue weighted by Crippen LogP contribution is -2.47. The van der Waals surface area contributed by atoms with Gasteiger partial charge in [-0.1, -0.05) is 36.8 Å². The van der Waals surface area contributed by atoms with E-state index < -0.39 is 0 Å². The first kappa shape index (κ1) is 19.9. The number of piperidine rings is 1. The van der Waals surface area contributed by atoms with Gasteiger partial charge >= 0.3 is 0 Å². The minimum absolute atomic E-state index is 0.0582. The van der Waals surface area contributed by atoms with Gasteiger partial charge in [0.1, 0.15) is 0 Å². The monoisotopic (exact) mass is 370 g/mol. The molecule has 0 radical (unpaired) electrons. The molecule has 2 amide bonds. The van der Waals surface area contributed by atoms with Gasteiger partial charge in [0.15, 0.2) is 0 Å². The van der Waals surface area contributed by atoms with Gasteiger partial charge in [0.2, 0.25) is 11.8 Å². The molecule has 1 heterocycles. The smallest absolute Gasteiger partial charge is 0.225 e. The molecule has 4 nitrogen and oxygen atoms in total. The summed E-state index contributed by atoms with van der Waals surface area (Å²) in [6, 6.07) is 8.70. The summed E-state index contributed by atoms with van der Waals surface area (Å²) in [7, 11) is 0. The predicted octanol–water partition coefficient (Wildman–Crippen LogP) is 4.21. The van der Waals surface area contributed by atoms with Crippen LogP contribution in [0.3, 0.4) is 0 Å². The van der Waals surface area contributed by atoms with Gasteiger partial charge in [0.05, 0.1) is 0 Å². The SMILES string of the molecule is CCC1CCCCN1C(=O)C1CCC(C(=O)NCc2ccc(C)cc2)CC1. The summed E-state index contributed by atoms with van der Waals surface area (Å²) in [5.74, 6) is 0.673. The summed E-state index contributed by atoms with van der Waals surface area (Å²) in [6.07, 6.45) is 7.97. The number of benzene rings is 1. The van der Waals surface area contributed by atoms with Crippen LogP contribution >= 0.6 is 0 Å². The second-order valence-electron chi connectivity index (χ2n) is 8.34. The fourth-order valence-corrected chi connectivity index (χ4v) is 4.59. The first-order valence-corrected chi connectivity index (χ1v) is 10.7. The number of rotatable bonds is 5. The molecule has 27 heavy (non-hydrogen) atoms. The molecule has 1 N–H and O–H groups in total. The predicted molar refractivity (Wildman–Crippen MR) is 108 cm³/mol. The van der Waals surface area contributed by atoms with Crippen LogP contribution in [-0.4, -0.2) is 29.3 Å². The van der Waals surface area contributed by atoms with E-state index in [2.05, 4.69) is 48.3 Å². The summed E-state index contributed by atoms with van der Waals surface area (Å²) in [6.45, 7) is 5.76. The highest BCUT2D eigenvalue weighted by Crippen LogP contribution is 2.32. The van der Waals surface area contributed by atoms with Gasteiger partial charge in [-0.25, -0.2) is 0 Å². The van der Waals surface area contributed by atoms with Crippen molar-refractivity contribution in [3.63, 3.8) is 0 Å². The van der Waals surface area contributed by atoms with Gasteiger partial charge in [0.25, 0.3) is 0 Å². The molecular formula is C23H34N2O2. The lowest BCUT2D eigenvalue weighted by molar-refractivity contribution is -0.142. The number of carbonyl (C=O) groups is 2. The molecule has 148 valence electrons. The summed E-state index contributed by atoms with van der Waals surface area (Å²) in [5, 5.41) is 3.08. The zero-order chi connectivity index (χ0) is 19.2. The summed E-state index contributed by atoms with van der Waals surface area (Å²) in [4.78, 5) is 27.6. The van der Waals surface area contributed by atoms with Crippen LogP contribution in [0.4, 0.5) is 0 Å². The maximum absolute atomic E-state index is 13.0. The maximum atomic E-state index is 13.0. The molecule has 1 aliphatic heterocycles. The first-order valence-electron chi connectivity index (χ1n) is 10.7. The van der Waals surface area contributed by atoms with Gasteiger partial charge in [-0.2, -0.15) is 0 Å². The van der Waals surface area contributed by atoms with Crippen LogP contribution in [0.2, 0.25) is 0 Å². The van der Waals surface area contributed by atoms with Crippen LogP contribution in [0.1, 0.15) is 69.4 Å². The number of hydrogen-bond acceptors (Lipinski definition) is 2. The number of hydrogen-bond donors (Lipinski definition) is 1. The lowest BCUT2D eigenvalue weighted by atomic mass is 9.80. The zero-order valence-electron chi connectivity index (χ0n) is 16.9. The Kier molecular flexibility index (Phi) is 6.92. The molecule has 2 aliphatic rings. The molecule has 3 rings (SSSR count). The second kappa shape index (κ2) is 9.38. The number of amides is 2. The normalized spacial score (nSPS) is 25.9. The molecule has 1 aliphatic carbocycles. The summed E-state index contributed by atoms with van der Waals surface area (Å²) >= 11 is 0. The van der Waals surface area contributed by atoms with E-state index in [0.717, 1.165) is 57.1 Å². The molecule has 2 fully saturated rings. The Balaban J connectivity index is 1.45. The molecule has 0 bridgehead atoms. The molecule has 4 heteroatoms. The molecule has 1 unspecified atom stereocenters. The number of carbonyl (C=O) groups excluding carboxylic acids is 2. The summed E-state index contributed by atoms with van der Waals surface area (Å²) in [5.41, 5.74) is 2.36. The third-order valence-corrected chi connectivity index (χ3v) is 6.42. The number of nitrogens with zero attached hydrogens (tertiary/aromatic N) is 1. The fraction of sp³-hybridized carbons (Fsp3) is 0.652. The van der Waals surface area contributed by atoms with Crippen LogP contribution < -0.4 is 5.32 Å². The van der Waals surface area contributed by atoms with Crippen LogP contribution in [0.15, 0.2) is 24.3 Å². The molecule has 1 aromatic carbocycles. The fourth-order valence-electron chi connectivity index (χ4n) is 4.59. The van der Waals surface area contributed by atoms with E-state index >= 15 is 0 Å². The summed E-state index contributed by atoms with van der Waals surface area (Å²) < 4.78 is 0. The highest BCUT2D eigenvalue weighted by molar-refractivity contribution is 5.81. The Morgan fingerprint density at radius 2 is 1.67 bits per heavy atom. The van der Waals surface area contributed by atoms with E-state index in [0.29, 0.717) is 18.5 Å². The van der Waals surface area contributed by atoms with E-state index in [1.54, 1.807) is 0 Å². The highest BCUT2D eigenvalue weighted by atomic mass is 16.2. The van der Waals surface area contributed by atoms with E-state index in [1.807, 2.05) is 0 Å². The third kappa shape index (κ3) is 5.12. The minimum atomic E-state index is 0.0582. The molecule has 1 atom stereocenters. The third-order valence-electron chi connectivity index (χ3n) is 6.42. The molecule has 1 saturated carbocycles. The Morgan fingerprint density at radius 3 is 2.33 bits per heavy atom. The van der Waals surface area contributed by atoms with Gasteiger partial charge in [-0.3, -0.25) is 9.59 Å². The molecular weight excluding hydrogens is 336 g/mol. The Labute approximate surface area is 163 Å². The van der Waals surface area contributed by atoms with E-state index in [1.165, 1.54) is 12.0 Å². The Hall–Kier alpha value is -1.84. The van der Waals surface area contributed by atoms with Crippen LogP contribution in [0.5, 0.6) is 0 Å². The van der Waals surface area contributed by atoms with Crippen molar-refractivity contribution < 1.29 is 9.59 Å².